The third kappa shape index (κ3) is 7.17. The summed E-state index contributed by atoms with van der Waals surface area (Å²) in [7, 11) is 0. The van der Waals surface area contributed by atoms with Gasteiger partial charge in [-0.15, -0.1) is 23.8 Å². The largest absolute Gasteiger partial charge is 0.503 e. The Hall–Kier alpha value is -6.81. The fraction of sp³-hybridized carbons (Fsp3) is 0.107. The SMILES string of the molecule is Cc1cc(C)c(-[n+]2[c-]n(-c3[c-]c(Oc4[c-]c(-c5ccccn5)cc5c4C(C)(C)c4ccccc4N5c4ccccc4)ccc3)c(-c3ccccc3)c2-c2ccccc2)c(C)c1.[Pt]. The average Bonchev–Trinajstić information content (AvgIpc) is 3.67. The number of hydrogen-bond acceptors (Lipinski definition) is 3. The van der Waals surface area contributed by atoms with Gasteiger partial charge in [0, 0.05) is 50.1 Å². The number of pyridine rings is 1. The molecule has 9 aromatic rings. The minimum absolute atomic E-state index is 0. The summed E-state index contributed by atoms with van der Waals surface area (Å²) in [5.41, 5.74) is 16.3. The number of aromatic nitrogens is 3. The first kappa shape index (κ1) is 40.6. The number of imidazole rings is 1. The second-order valence-electron chi connectivity index (χ2n) is 16.3. The molecule has 0 atom stereocenters. The second kappa shape index (κ2) is 16.6. The maximum atomic E-state index is 7.14. The number of aryl methyl sites for hydroxylation is 3. The monoisotopic (exact) mass is 983 g/mol. The molecule has 62 heavy (non-hydrogen) atoms. The summed E-state index contributed by atoms with van der Waals surface area (Å²) in [6.45, 7) is 11.1. The number of fused-ring (bicyclic) bond motifs is 2. The van der Waals surface area contributed by atoms with Gasteiger partial charge in [0.1, 0.15) is 0 Å². The van der Waals surface area contributed by atoms with Crippen molar-refractivity contribution in [2.24, 2.45) is 0 Å². The molecule has 0 saturated carbocycles. The van der Waals surface area contributed by atoms with Crippen LogP contribution in [0.25, 0.3) is 45.1 Å². The van der Waals surface area contributed by atoms with Crippen LogP contribution in [-0.2, 0) is 26.5 Å². The van der Waals surface area contributed by atoms with Crippen LogP contribution in [-0.4, -0.2) is 9.55 Å². The van der Waals surface area contributed by atoms with Gasteiger partial charge in [0.05, 0.1) is 17.1 Å². The first-order valence-electron chi connectivity index (χ1n) is 20.7. The predicted molar refractivity (Wildman–Crippen MR) is 245 cm³/mol. The Morgan fingerprint density at radius 3 is 1.97 bits per heavy atom. The summed E-state index contributed by atoms with van der Waals surface area (Å²) < 4.78 is 11.5. The summed E-state index contributed by atoms with van der Waals surface area (Å²) in [6, 6.07) is 66.5. The van der Waals surface area contributed by atoms with E-state index in [1.807, 2.05) is 36.5 Å². The molecule has 1 aliphatic rings. The van der Waals surface area contributed by atoms with Gasteiger partial charge >= 0.3 is 0 Å². The molecular weight excluding hydrogens is 940 g/mol. The maximum absolute atomic E-state index is 7.14. The first-order chi connectivity index (χ1) is 29.8. The molecule has 10 rings (SSSR count). The summed E-state index contributed by atoms with van der Waals surface area (Å²) in [5, 5.41) is 0. The van der Waals surface area contributed by atoms with E-state index < -0.39 is 5.41 Å². The summed E-state index contributed by atoms with van der Waals surface area (Å²) in [6.07, 6.45) is 5.65. The molecule has 306 valence electrons. The second-order valence-corrected chi connectivity index (χ2v) is 16.3. The number of benzene rings is 7. The van der Waals surface area contributed by atoms with Crippen LogP contribution >= 0.6 is 0 Å². The molecule has 0 unspecified atom stereocenters. The molecule has 0 spiro atoms. The van der Waals surface area contributed by atoms with Crippen molar-refractivity contribution in [1.29, 1.82) is 0 Å². The van der Waals surface area contributed by atoms with Crippen molar-refractivity contribution < 1.29 is 30.4 Å². The molecule has 0 saturated heterocycles. The molecule has 0 bridgehead atoms. The molecule has 0 N–H and O–H groups in total. The minimum atomic E-state index is -0.447. The van der Waals surface area contributed by atoms with Crippen molar-refractivity contribution in [3.63, 3.8) is 0 Å². The van der Waals surface area contributed by atoms with E-state index in [4.69, 9.17) is 9.72 Å². The van der Waals surface area contributed by atoms with Gasteiger partial charge in [-0.05, 0) is 95.3 Å². The van der Waals surface area contributed by atoms with Crippen LogP contribution in [0.1, 0.15) is 41.7 Å². The van der Waals surface area contributed by atoms with E-state index in [0.717, 1.165) is 67.8 Å². The van der Waals surface area contributed by atoms with Crippen LogP contribution < -0.4 is 14.2 Å². The Bertz CT molecular complexity index is 3030. The average molecular weight is 984 g/mol. The van der Waals surface area contributed by atoms with Gasteiger partial charge in [-0.1, -0.05) is 152 Å². The Balaban J connectivity index is 0.00000490. The first-order valence-corrected chi connectivity index (χ1v) is 20.7. The number of hydrogen-bond donors (Lipinski definition) is 0. The molecule has 6 heteroatoms. The molecule has 0 fully saturated rings. The van der Waals surface area contributed by atoms with Gasteiger partial charge in [-0.25, -0.2) is 0 Å². The number of rotatable bonds is 8. The molecule has 1 aliphatic heterocycles. The Labute approximate surface area is 378 Å². The molecule has 5 nitrogen and oxygen atoms in total. The van der Waals surface area contributed by atoms with Gasteiger partial charge in [0.2, 0.25) is 0 Å². The summed E-state index contributed by atoms with van der Waals surface area (Å²) in [4.78, 5) is 7.11. The maximum Gasteiger partial charge on any atom is 0.268 e. The fourth-order valence-electron chi connectivity index (χ4n) is 9.11. The van der Waals surface area contributed by atoms with Gasteiger partial charge in [0.15, 0.2) is 0 Å². The third-order valence-corrected chi connectivity index (χ3v) is 11.7. The van der Waals surface area contributed by atoms with E-state index in [2.05, 4.69) is 207 Å². The van der Waals surface area contributed by atoms with E-state index in [-0.39, 0.29) is 21.1 Å². The van der Waals surface area contributed by atoms with Gasteiger partial charge in [-0.3, -0.25) is 4.57 Å². The zero-order chi connectivity index (χ0) is 41.7. The van der Waals surface area contributed by atoms with Crippen LogP contribution in [0.3, 0.4) is 0 Å². The van der Waals surface area contributed by atoms with E-state index in [1.165, 1.54) is 22.3 Å². The topological polar surface area (TPSA) is 34.2 Å². The quantitative estimate of drug-likeness (QED) is 0.112. The Kier molecular flexibility index (Phi) is 10.8. The van der Waals surface area contributed by atoms with Crippen molar-refractivity contribution >= 4 is 17.1 Å². The van der Waals surface area contributed by atoms with Crippen LogP contribution in [0.4, 0.5) is 17.1 Å². The Morgan fingerprint density at radius 1 is 0.629 bits per heavy atom. The van der Waals surface area contributed by atoms with Crippen molar-refractivity contribution in [2.75, 3.05) is 4.90 Å². The van der Waals surface area contributed by atoms with Crippen LogP contribution in [0, 0.1) is 39.2 Å². The fourth-order valence-corrected chi connectivity index (χ4v) is 9.11. The van der Waals surface area contributed by atoms with Gasteiger partial charge in [0.25, 0.3) is 6.33 Å². The van der Waals surface area contributed by atoms with E-state index in [0.29, 0.717) is 11.5 Å². The molecule has 0 aliphatic carbocycles. The number of anilines is 3. The van der Waals surface area contributed by atoms with E-state index >= 15 is 0 Å². The minimum Gasteiger partial charge on any atom is -0.503 e. The van der Waals surface area contributed by atoms with Crippen LogP contribution in [0.15, 0.2) is 176 Å². The molecule has 0 amide bonds. The van der Waals surface area contributed by atoms with Crippen molar-refractivity contribution in [3.8, 4) is 56.6 Å². The Morgan fingerprint density at radius 2 is 1.27 bits per heavy atom. The van der Waals surface area contributed by atoms with E-state index in [1.54, 1.807) is 0 Å². The van der Waals surface area contributed by atoms with E-state index in [9.17, 15) is 0 Å². The van der Waals surface area contributed by atoms with Gasteiger partial charge < -0.3 is 19.2 Å². The van der Waals surface area contributed by atoms with Crippen LogP contribution in [0.5, 0.6) is 11.5 Å². The number of nitrogens with zero attached hydrogens (tertiary/aromatic N) is 4. The molecular formula is C56H44N4OPt-2. The third-order valence-electron chi connectivity index (χ3n) is 11.7. The zero-order valence-electron chi connectivity index (χ0n) is 35.3. The number of ether oxygens (including phenoxy) is 1. The predicted octanol–water partition coefficient (Wildman–Crippen LogP) is 13.4. The molecule has 2 aromatic heterocycles. The smallest absolute Gasteiger partial charge is 0.268 e. The normalized spacial score (nSPS) is 12.6. The molecule has 3 heterocycles. The molecule has 0 radical (unpaired) electrons. The van der Waals surface area contributed by atoms with Gasteiger partial charge in [-0.2, -0.15) is 12.1 Å². The molecule has 7 aromatic carbocycles. The zero-order valence-corrected chi connectivity index (χ0v) is 37.5. The van der Waals surface area contributed by atoms with Crippen LogP contribution in [0.2, 0.25) is 0 Å². The standard InChI is InChI=1S/C56H44N4O.Pt/c1-38-32-39(2)53(40(3)33-38)59-37-58(54(41-20-9-6-10-21-41)55(59)42-22-11-7-12-23-42)45-26-19-27-46(36-45)61-51-35-43(48-29-17-18-31-57-48)34-50-52(51)56(4,5)47-28-15-16-30-49(47)60(50)44-24-13-8-14-25-44;/h6-34H,1-5H3;/q-2;. The number of para-hydroxylation sites is 2. The van der Waals surface area contributed by atoms with Crippen molar-refractivity contribution in [1.82, 2.24) is 9.55 Å². The summed E-state index contributed by atoms with van der Waals surface area (Å²) in [5.74, 6) is 1.18. The summed E-state index contributed by atoms with van der Waals surface area (Å²) >= 11 is 0. The van der Waals surface area contributed by atoms with Crippen molar-refractivity contribution in [2.45, 2.75) is 40.0 Å². The van der Waals surface area contributed by atoms with Crippen molar-refractivity contribution in [3.05, 3.63) is 222 Å².